The molecule has 2 aromatic carbocycles. The second-order valence-corrected chi connectivity index (χ2v) is 9.14. The van der Waals surface area contributed by atoms with Gasteiger partial charge in [0.2, 0.25) is 11.8 Å². The predicted molar refractivity (Wildman–Crippen MR) is 137 cm³/mol. The van der Waals surface area contributed by atoms with Crippen LogP contribution in [0.1, 0.15) is 71.3 Å². The lowest BCUT2D eigenvalue weighted by molar-refractivity contribution is -0.136. The van der Waals surface area contributed by atoms with E-state index in [1.165, 1.54) is 0 Å². The number of para-hydroxylation sites is 2. The first-order valence-corrected chi connectivity index (χ1v) is 12.4. The molecule has 1 aromatic heterocycles. The number of imidazole rings is 1. The molecule has 0 radical (unpaired) electrons. The highest BCUT2D eigenvalue weighted by Crippen LogP contribution is 2.22. The van der Waals surface area contributed by atoms with Crippen molar-refractivity contribution in [3.63, 3.8) is 0 Å². The fraction of sp³-hybridized carbons (Fsp3) is 0.464. The van der Waals surface area contributed by atoms with Crippen LogP contribution in [0.15, 0.2) is 54.6 Å². The fourth-order valence-corrected chi connectivity index (χ4v) is 4.41. The summed E-state index contributed by atoms with van der Waals surface area (Å²) in [7, 11) is 0. The maximum atomic E-state index is 13.5. The van der Waals surface area contributed by atoms with Gasteiger partial charge in [-0.2, -0.15) is 0 Å². The van der Waals surface area contributed by atoms with Crippen molar-refractivity contribution in [3.8, 4) is 0 Å². The lowest BCUT2D eigenvalue weighted by Crippen LogP contribution is -2.46. The summed E-state index contributed by atoms with van der Waals surface area (Å²) in [6.45, 7) is 10.6. The normalized spacial score (nSPS) is 13.9. The van der Waals surface area contributed by atoms with Crippen LogP contribution in [0.2, 0.25) is 0 Å². The molecule has 6 heteroatoms. The molecule has 0 saturated carbocycles. The van der Waals surface area contributed by atoms with Gasteiger partial charge < -0.3 is 14.8 Å². The molecular weight excluding hydrogens is 424 g/mol. The van der Waals surface area contributed by atoms with Crippen molar-refractivity contribution in [2.45, 2.75) is 85.0 Å². The Kier molecular flexibility index (Phi) is 8.85. The van der Waals surface area contributed by atoms with Gasteiger partial charge in [-0.3, -0.25) is 9.59 Å². The van der Waals surface area contributed by atoms with Crippen LogP contribution in [-0.4, -0.2) is 38.3 Å². The summed E-state index contributed by atoms with van der Waals surface area (Å²) in [5.74, 6) is 0.758. The number of fused-ring (bicyclic) bond motifs is 1. The fourth-order valence-electron chi connectivity index (χ4n) is 4.41. The Hall–Kier alpha value is -3.15. The molecule has 3 rings (SSSR count). The van der Waals surface area contributed by atoms with Crippen LogP contribution >= 0.6 is 0 Å². The highest BCUT2D eigenvalue weighted by molar-refractivity contribution is 5.82. The molecule has 6 nitrogen and oxygen atoms in total. The lowest BCUT2D eigenvalue weighted by Gasteiger charge is -2.34. The van der Waals surface area contributed by atoms with Gasteiger partial charge in [0.1, 0.15) is 12.4 Å². The van der Waals surface area contributed by atoms with E-state index < -0.39 is 0 Å². The van der Waals surface area contributed by atoms with Gasteiger partial charge in [0.25, 0.3) is 0 Å². The van der Waals surface area contributed by atoms with Crippen LogP contribution < -0.4 is 5.32 Å². The van der Waals surface area contributed by atoms with E-state index in [4.69, 9.17) is 4.98 Å². The van der Waals surface area contributed by atoms with Gasteiger partial charge in [0, 0.05) is 18.5 Å². The molecule has 0 bridgehead atoms. The van der Waals surface area contributed by atoms with E-state index in [1.54, 1.807) is 0 Å². The zero-order chi connectivity index (χ0) is 24.7. The van der Waals surface area contributed by atoms with Crippen molar-refractivity contribution in [1.82, 2.24) is 19.8 Å². The number of amides is 2. The summed E-state index contributed by atoms with van der Waals surface area (Å²) in [6.07, 6.45) is 2.90. The second kappa shape index (κ2) is 11.8. The van der Waals surface area contributed by atoms with Crippen LogP contribution in [0, 0.1) is 0 Å². The molecule has 3 atom stereocenters. The van der Waals surface area contributed by atoms with E-state index in [0.717, 1.165) is 29.4 Å². The van der Waals surface area contributed by atoms with Gasteiger partial charge in [-0.1, -0.05) is 56.3 Å². The predicted octanol–water partition coefficient (Wildman–Crippen LogP) is 5.27. The number of nitrogens with zero attached hydrogens (tertiary/aromatic N) is 3. The minimum Gasteiger partial charge on any atom is -0.346 e. The average Bonchev–Trinajstić information content (AvgIpc) is 3.21. The molecule has 3 unspecified atom stereocenters. The molecule has 182 valence electrons. The summed E-state index contributed by atoms with van der Waals surface area (Å²) < 4.78 is 1.97. The quantitative estimate of drug-likeness (QED) is 0.422. The summed E-state index contributed by atoms with van der Waals surface area (Å²) in [5, 5.41) is 3.09. The van der Waals surface area contributed by atoms with Crippen LogP contribution in [0.3, 0.4) is 0 Å². The zero-order valence-corrected chi connectivity index (χ0v) is 21.1. The first-order chi connectivity index (χ1) is 16.3. The van der Waals surface area contributed by atoms with Gasteiger partial charge in [-0.25, -0.2) is 4.98 Å². The standard InChI is InChI=1S/C28H38N4O2/c1-6-20(3)32(21(4)7-2)27(34)19-31-25-16-12-11-15-24(25)30-28(31)22(5)29-26(33)18-17-23-13-9-8-10-14-23/h8-16,20-22H,6-7,17-19H2,1-5H3,(H,29,33). The third-order valence-electron chi connectivity index (χ3n) is 6.65. The zero-order valence-electron chi connectivity index (χ0n) is 21.1. The largest absolute Gasteiger partial charge is 0.346 e. The van der Waals surface area contributed by atoms with Gasteiger partial charge in [-0.05, 0) is 57.7 Å². The topological polar surface area (TPSA) is 67.2 Å². The van der Waals surface area contributed by atoms with E-state index in [-0.39, 0.29) is 36.5 Å². The number of carbonyl (C=O) groups is 2. The number of aryl methyl sites for hydroxylation is 1. The molecule has 0 spiro atoms. The van der Waals surface area contributed by atoms with E-state index in [0.29, 0.717) is 18.7 Å². The number of nitrogens with one attached hydrogen (secondary N) is 1. The smallest absolute Gasteiger partial charge is 0.243 e. The third-order valence-corrected chi connectivity index (χ3v) is 6.65. The van der Waals surface area contributed by atoms with Crippen molar-refractivity contribution < 1.29 is 9.59 Å². The van der Waals surface area contributed by atoms with Gasteiger partial charge in [0.15, 0.2) is 0 Å². The molecule has 0 aliphatic carbocycles. The Balaban J connectivity index is 1.81. The summed E-state index contributed by atoms with van der Waals surface area (Å²) in [4.78, 5) is 33.0. The molecule has 34 heavy (non-hydrogen) atoms. The molecule has 3 aromatic rings. The maximum absolute atomic E-state index is 13.5. The summed E-state index contributed by atoms with van der Waals surface area (Å²) >= 11 is 0. The van der Waals surface area contributed by atoms with E-state index in [2.05, 4.69) is 33.0 Å². The summed E-state index contributed by atoms with van der Waals surface area (Å²) in [6, 6.07) is 17.8. The number of hydrogen-bond acceptors (Lipinski definition) is 3. The van der Waals surface area contributed by atoms with Crippen LogP contribution in [-0.2, 0) is 22.6 Å². The molecule has 1 heterocycles. The number of aromatic nitrogens is 2. The Morgan fingerprint density at radius 2 is 1.56 bits per heavy atom. The average molecular weight is 463 g/mol. The van der Waals surface area contributed by atoms with Crippen molar-refractivity contribution in [2.75, 3.05) is 0 Å². The Morgan fingerprint density at radius 1 is 0.941 bits per heavy atom. The number of carbonyl (C=O) groups excluding carboxylic acids is 2. The maximum Gasteiger partial charge on any atom is 0.243 e. The van der Waals surface area contributed by atoms with E-state index >= 15 is 0 Å². The summed E-state index contributed by atoms with van der Waals surface area (Å²) in [5.41, 5.74) is 2.87. The highest BCUT2D eigenvalue weighted by Gasteiger charge is 2.26. The van der Waals surface area contributed by atoms with Crippen molar-refractivity contribution >= 4 is 22.8 Å². The van der Waals surface area contributed by atoms with E-state index in [9.17, 15) is 9.59 Å². The van der Waals surface area contributed by atoms with Crippen molar-refractivity contribution in [3.05, 3.63) is 66.0 Å². The number of benzene rings is 2. The van der Waals surface area contributed by atoms with Crippen molar-refractivity contribution in [1.29, 1.82) is 0 Å². The first kappa shape index (κ1) is 25.5. The Labute approximate surface area is 203 Å². The monoisotopic (exact) mass is 462 g/mol. The second-order valence-electron chi connectivity index (χ2n) is 9.14. The molecule has 2 amide bonds. The Bertz CT molecular complexity index is 1080. The van der Waals surface area contributed by atoms with Gasteiger partial charge in [-0.15, -0.1) is 0 Å². The molecule has 0 aliphatic heterocycles. The van der Waals surface area contributed by atoms with Crippen LogP contribution in [0.25, 0.3) is 11.0 Å². The highest BCUT2D eigenvalue weighted by atomic mass is 16.2. The van der Waals surface area contributed by atoms with E-state index in [1.807, 2.05) is 71.0 Å². The van der Waals surface area contributed by atoms with Gasteiger partial charge in [0.05, 0.1) is 17.1 Å². The van der Waals surface area contributed by atoms with Gasteiger partial charge >= 0.3 is 0 Å². The van der Waals surface area contributed by atoms with Crippen molar-refractivity contribution in [2.24, 2.45) is 0 Å². The number of rotatable bonds is 11. The van der Waals surface area contributed by atoms with Crippen LogP contribution in [0.5, 0.6) is 0 Å². The lowest BCUT2D eigenvalue weighted by atomic mass is 10.1. The SMILES string of the molecule is CCC(C)N(C(=O)Cn1c(C(C)NC(=O)CCc2ccccc2)nc2ccccc21)C(C)CC. The number of hydrogen-bond donors (Lipinski definition) is 1. The Morgan fingerprint density at radius 3 is 2.21 bits per heavy atom. The minimum atomic E-state index is -0.316. The first-order valence-electron chi connectivity index (χ1n) is 12.4. The minimum absolute atomic E-state index is 0.0258. The molecule has 1 N–H and O–H groups in total. The third kappa shape index (κ3) is 6.04. The molecular formula is C28H38N4O2. The molecule has 0 fully saturated rings. The molecule has 0 saturated heterocycles. The molecule has 0 aliphatic rings. The van der Waals surface area contributed by atoms with Crippen LogP contribution in [0.4, 0.5) is 0 Å².